The predicted octanol–water partition coefficient (Wildman–Crippen LogP) is 2.21. The molecule has 1 rings (SSSR count). The van der Waals surface area contributed by atoms with Gasteiger partial charge < -0.3 is 15.4 Å². The molecule has 1 aromatic carbocycles. The third-order valence-corrected chi connectivity index (χ3v) is 3.49. The van der Waals surface area contributed by atoms with E-state index in [4.69, 9.17) is 10.5 Å². The Morgan fingerprint density at radius 1 is 1.42 bits per heavy atom. The van der Waals surface area contributed by atoms with E-state index in [1.807, 2.05) is 25.1 Å². The first-order valence-electron chi connectivity index (χ1n) is 6.73. The first-order chi connectivity index (χ1) is 9.08. The van der Waals surface area contributed by atoms with E-state index in [-0.39, 0.29) is 11.8 Å². The average Bonchev–Trinajstić information content (AvgIpc) is 2.46. The van der Waals surface area contributed by atoms with E-state index in [0.717, 1.165) is 29.8 Å². The minimum absolute atomic E-state index is 0.0669. The largest absolute Gasteiger partial charge is 0.496 e. The van der Waals surface area contributed by atoms with Crippen molar-refractivity contribution in [2.75, 3.05) is 25.6 Å². The van der Waals surface area contributed by atoms with Crippen LogP contribution < -0.4 is 15.4 Å². The molecule has 0 aliphatic heterocycles. The number of carbonyl (C=O) groups is 1. The van der Waals surface area contributed by atoms with Crippen molar-refractivity contribution in [2.24, 2.45) is 11.7 Å². The fourth-order valence-corrected chi connectivity index (χ4v) is 2.09. The lowest BCUT2D eigenvalue weighted by atomic mass is 10.0. The molecule has 0 heterocycles. The summed E-state index contributed by atoms with van der Waals surface area (Å²) in [5.41, 5.74) is 7.62. The van der Waals surface area contributed by atoms with E-state index in [1.54, 1.807) is 19.1 Å². The maximum Gasteiger partial charge on any atom is 0.231 e. The number of nitrogens with zero attached hydrogens (tertiary/aromatic N) is 1. The molecule has 0 saturated heterocycles. The third kappa shape index (κ3) is 3.47. The highest BCUT2D eigenvalue weighted by atomic mass is 16.5. The second-order valence-corrected chi connectivity index (χ2v) is 4.59. The summed E-state index contributed by atoms with van der Waals surface area (Å²) in [6, 6.07) is 5.81. The van der Waals surface area contributed by atoms with Gasteiger partial charge in [0.25, 0.3) is 0 Å². The average molecular weight is 264 g/mol. The molecule has 1 atom stereocenters. The monoisotopic (exact) mass is 264 g/mol. The fraction of sp³-hybridized carbons (Fsp3) is 0.533. The van der Waals surface area contributed by atoms with Crippen LogP contribution in [0.4, 0.5) is 5.69 Å². The molecular formula is C15H24N2O2. The molecule has 0 aliphatic carbocycles. The summed E-state index contributed by atoms with van der Waals surface area (Å²) in [5, 5.41) is 0. The minimum Gasteiger partial charge on any atom is -0.496 e. The lowest BCUT2D eigenvalue weighted by Gasteiger charge is -2.23. The second kappa shape index (κ2) is 7.14. The van der Waals surface area contributed by atoms with Gasteiger partial charge in [-0.2, -0.15) is 0 Å². The summed E-state index contributed by atoms with van der Waals surface area (Å²) in [4.78, 5) is 14.0. The van der Waals surface area contributed by atoms with Gasteiger partial charge in [0.1, 0.15) is 5.75 Å². The van der Waals surface area contributed by atoms with Crippen molar-refractivity contribution in [1.29, 1.82) is 0 Å². The summed E-state index contributed by atoms with van der Waals surface area (Å²) >= 11 is 0. The zero-order chi connectivity index (χ0) is 14.4. The standard InChI is InChI=1S/C15H24N2O2/c1-5-11-9-13(7-8-14(11)19-4)17(3)15(18)12(6-2)10-16/h7-9,12H,5-6,10,16H2,1-4H3. The van der Waals surface area contributed by atoms with Gasteiger partial charge in [0, 0.05) is 19.3 Å². The number of carbonyl (C=O) groups excluding carboxylic acids is 1. The number of aryl methyl sites for hydroxylation is 1. The number of methoxy groups -OCH3 is 1. The molecule has 0 radical (unpaired) electrons. The molecule has 1 amide bonds. The van der Waals surface area contributed by atoms with E-state index < -0.39 is 0 Å². The maximum absolute atomic E-state index is 12.3. The number of rotatable bonds is 6. The van der Waals surface area contributed by atoms with Gasteiger partial charge in [0.15, 0.2) is 0 Å². The van der Waals surface area contributed by atoms with Crippen LogP contribution in [0.3, 0.4) is 0 Å². The highest BCUT2D eigenvalue weighted by molar-refractivity contribution is 5.94. The number of ether oxygens (including phenoxy) is 1. The molecule has 0 spiro atoms. The third-order valence-electron chi connectivity index (χ3n) is 3.49. The normalized spacial score (nSPS) is 12.1. The Hall–Kier alpha value is -1.55. The van der Waals surface area contributed by atoms with Crippen molar-refractivity contribution in [2.45, 2.75) is 26.7 Å². The molecular weight excluding hydrogens is 240 g/mol. The van der Waals surface area contributed by atoms with Gasteiger partial charge >= 0.3 is 0 Å². The van der Waals surface area contributed by atoms with Crippen molar-refractivity contribution < 1.29 is 9.53 Å². The summed E-state index contributed by atoms with van der Waals surface area (Å²) in [5.74, 6) is 0.812. The highest BCUT2D eigenvalue weighted by Gasteiger charge is 2.20. The van der Waals surface area contributed by atoms with Crippen LogP contribution in [0.5, 0.6) is 5.75 Å². The summed E-state index contributed by atoms with van der Waals surface area (Å²) < 4.78 is 5.30. The Morgan fingerprint density at radius 2 is 2.11 bits per heavy atom. The van der Waals surface area contributed by atoms with Crippen molar-refractivity contribution in [3.05, 3.63) is 23.8 Å². The molecule has 0 aliphatic rings. The number of amides is 1. The molecule has 0 saturated carbocycles. The van der Waals surface area contributed by atoms with Gasteiger partial charge in [-0.05, 0) is 36.6 Å². The first-order valence-corrected chi connectivity index (χ1v) is 6.73. The molecule has 4 nitrogen and oxygen atoms in total. The molecule has 1 aromatic rings. The van der Waals surface area contributed by atoms with Crippen LogP contribution in [-0.4, -0.2) is 26.6 Å². The van der Waals surface area contributed by atoms with Crippen LogP contribution in [0.1, 0.15) is 25.8 Å². The number of hydrogen-bond donors (Lipinski definition) is 1. The van der Waals surface area contributed by atoms with Crippen molar-refractivity contribution >= 4 is 11.6 Å². The summed E-state index contributed by atoms with van der Waals surface area (Å²) in [6.45, 7) is 4.43. The van der Waals surface area contributed by atoms with E-state index in [9.17, 15) is 4.79 Å². The Balaban J connectivity index is 2.99. The summed E-state index contributed by atoms with van der Waals surface area (Å²) in [6.07, 6.45) is 1.63. The number of hydrogen-bond acceptors (Lipinski definition) is 3. The van der Waals surface area contributed by atoms with E-state index in [2.05, 4.69) is 6.92 Å². The molecule has 2 N–H and O–H groups in total. The predicted molar refractivity (Wildman–Crippen MR) is 78.6 cm³/mol. The van der Waals surface area contributed by atoms with Gasteiger partial charge in [-0.15, -0.1) is 0 Å². The second-order valence-electron chi connectivity index (χ2n) is 4.59. The molecule has 106 valence electrons. The Kier molecular flexibility index (Phi) is 5.83. The van der Waals surface area contributed by atoms with Crippen LogP contribution in [0.15, 0.2) is 18.2 Å². The van der Waals surface area contributed by atoms with Gasteiger partial charge in [-0.3, -0.25) is 4.79 Å². The van der Waals surface area contributed by atoms with Crippen LogP contribution in [-0.2, 0) is 11.2 Å². The Labute approximate surface area is 115 Å². The van der Waals surface area contributed by atoms with Gasteiger partial charge in [-0.1, -0.05) is 13.8 Å². The van der Waals surface area contributed by atoms with Crippen LogP contribution in [0, 0.1) is 5.92 Å². The van der Waals surface area contributed by atoms with Crippen molar-refractivity contribution in [3.8, 4) is 5.75 Å². The minimum atomic E-state index is -0.114. The Bertz CT molecular complexity index is 428. The zero-order valence-electron chi connectivity index (χ0n) is 12.3. The number of anilines is 1. The van der Waals surface area contributed by atoms with E-state index in [1.165, 1.54) is 0 Å². The molecule has 4 heteroatoms. The molecule has 1 unspecified atom stereocenters. The molecule has 0 aromatic heterocycles. The Morgan fingerprint density at radius 3 is 2.58 bits per heavy atom. The maximum atomic E-state index is 12.3. The van der Waals surface area contributed by atoms with Gasteiger partial charge in [-0.25, -0.2) is 0 Å². The van der Waals surface area contributed by atoms with E-state index in [0.29, 0.717) is 6.54 Å². The smallest absolute Gasteiger partial charge is 0.231 e. The lowest BCUT2D eigenvalue weighted by molar-refractivity contribution is -0.121. The zero-order valence-corrected chi connectivity index (χ0v) is 12.3. The topological polar surface area (TPSA) is 55.6 Å². The molecule has 19 heavy (non-hydrogen) atoms. The van der Waals surface area contributed by atoms with Crippen LogP contribution in [0.25, 0.3) is 0 Å². The molecule has 0 bridgehead atoms. The van der Waals surface area contributed by atoms with Crippen molar-refractivity contribution in [3.63, 3.8) is 0 Å². The van der Waals surface area contributed by atoms with Crippen LogP contribution in [0.2, 0.25) is 0 Å². The van der Waals surface area contributed by atoms with Crippen LogP contribution >= 0.6 is 0 Å². The quantitative estimate of drug-likeness (QED) is 0.857. The lowest BCUT2D eigenvalue weighted by Crippen LogP contribution is -2.36. The molecule has 0 fully saturated rings. The first kappa shape index (κ1) is 15.5. The van der Waals surface area contributed by atoms with E-state index >= 15 is 0 Å². The number of nitrogens with two attached hydrogens (primary N) is 1. The summed E-state index contributed by atoms with van der Waals surface area (Å²) in [7, 11) is 3.45. The fourth-order valence-electron chi connectivity index (χ4n) is 2.09. The van der Waals surface area contributed by atoms with Crippen molar-refractivity contribution in [1.82, 2.24) is 0 Å². The van der Waals surface area contributed by atoms with Gasteiger partial charge in [0.2, 0.25) is 5.91 Å². The number of benzene rings is 1. The van der Waals surface area contributed by atoms with Gasteiger partial charge in [0.05, 0.1) is 13.0 Å². The SMILES string of the molecule is CCc1cc(N(C)C(=O)C(CC)CN)ccc1OC. The highest BCUT2D eigenvalue weighted by Crippen LogP contribution is 2.25.